The molecule has 0 aliphatic heterocycles. The maximum Gasteiger partial charge on any atom is 0.265 e. The van der Waals surface area contributed by atoms with Crippen molar-refractivity contribution in [1.29, 1.82) is 0 Å². The highest BCUT2D eigenvalue weighted by Gasteiger charge is 2.12. The lowest BCUT2D eigenvalue weighted by Crippen LogP contribution is -2.25. The summed E-state index contributed by atoms with van der Waals surface area (Å²) in [6.45, 7) is 1.17. The van der Waals surface area contributed by atoms with Gasteiger partial charge in [0.25, 0.3) is 11.8 Å². The Balaban J connectivity index is 2.03. The monoisotopic (exact) mass is 351 g/mol. The summed E-state index contributed by atoms with van der Waals surface area (Å²) in [4.78, 5) is 24.8. The van der Waals surface area contributed by atoms with Crippen LogP contribution >= 0.6 is 22.9 Å². The van der Waals surface area contributed by atoms with Crippen molar-refractivity contribution in [2.24, 2.45) is 5.73 Å². The van der Waals surface area contributed by atoms with Crippen LogP contribution in [0.15, 0.2) is 35.7 Å². The first-order valence-corrected chi connectivity index (χ1v) is 8.50. The van der Waals surface area contributed by atoms with Crippen LogP contribution in [0.5, 0.6) is 0 Å². The van der Waals surface area contributed by atoms with Gasteiger partial charge in [-0.25, -0.2) is 0 Å². The van der Waals surface area contributed by atoms with Gasteiger partial charge < -0.3 is 16.4 Å². The lowest BCUT2D eigenvalue weighted by atomic mass is 10.1. The number of carbonyl (C=O) groups is 2. The Kier molecular flexibility index (Phi) is 6.58. The van der Waals surface area contributed by atoms with Crippen LogP contribution < -0.4 is 16.4 Å². The second-order valence-electron chi connectivity index (χ2n) is 4.88. The Morgan fingerprint density at radius 2 is 2.00 bits per heavy atom. The molecule has 2 aromatic rings. The van der Waals surface area contributed by atoms with E-state index in [1.165, 1.54) is 11.3 Å². The van der Waals surface area contributed by atoms with Gasteiger partial charge in [-0.2, -0.15) is 0 Å². The molecular formula is C16H18ClN3O2S. The molecule has 0 bridgehead atoms. The standard InChI is InChI=1S/C16H18ClN3O2S/c17-12-6-5-11(15(21)19-8-2-1-7-18)10-13(12)20-16(22)14-4-3-9-23-14/h3-6,9-10H,1-2,7-8,18H2,(H,19,21)(H,20,22). The maximum atomic E-state index is 12.1. The molecule has 2 rings (SSSR count). The molecule has 23 heavy (non-hydrogen) atoms. The predicted molar refractivity (Wildman–Crippen MR) is 94.3 cm³/mol. The summed E-state index contributed by atoms with van der Waals surface area (Å²) >= 11 is 7.43. The molecule has 1 aromatic heterocycles. The van der Waals surface area contributed by atoms with E-state index < -0.39 is 0 Å². The van der Waals surface area contributed by atoms with Gasteiger partial charge in [-0.15, -0.1) is 11.3 Å². The minimum atomic E-state index is -0.248. The van der Waals surface area contributed by atoms with Gasteiger partial charge in [-0.05, 0) is 49.0 Å². The molecule has 122 valence electrons. The van der Waals surface area contributed by atoms with Crippen molar-refractivity contribution >= 4 is 40.4 Å². The number of nitrogens with two attached hydrogens (primary N) is 1. The molecule has 0 spiro atoms. The summed E-state index contributed by atoms with van der Waals surface area (Å²) in [7, 11) is 0. The number of carbonyl (C=O) groups excluding carboxylic acids is 2. The van der Waals surface area contributed by atoms with Crippen molar-refractivity contribution in [1.82, 2.24) is 5.32 Å². The minimum absolute atomic E-state index is 0.203. The third kappa shape index (κ3) is 5.06. The molecule has 0 fully saturated rings. The number of halogens is 1. The predicted octanol–water partition coefficient (Wildman–Crippen LogP) is 3.12. The van der Waals surface area contributed by atoms with E-state index in [0.29, 0.717) is 34.2 Å². The van der Waals surface area contributed by atoms with Crippen molar-refractivity contribution in [2.75, 3.05) is 18.4 Å². The van der Waals surface area contributed by atoms with Gasteiger partial charge >= 0.3 is 0 Å². The fourth-order valence-corrected chi connectivity index (χ4v) is 2.71. The van der Waals surface area contributed by atoms with Crippen LogP contribution in [0, 0.1) is 0 Å². The molecule has 7 heteroatoms. The molecule has 0 aliphatic rings. The number of thiophene rings is 1. The molecule has 5 nitrogen and oxygen atoms in total. The second kappa shape index (κ2) is 8.67. The van der Waals surface area contributed by atoms with E-state index in [-0.39, 0.29) is 11.8 Å². The summed E-state index contributed by atoms with van der Waals surface area (Å²) in [6.07, 6.45) is 1.70. The number of amides is 2. The third-order valence-corrected chi connectivity index (χ3v) is 4.34. The Hall–Kier alpha value is -1.89. The number of nitrogens with one attached hydrogen (secondary N) is 2. The Bertz CT molecular complexity index is 674. The van der Waals surface area contributed by atoms with E-state index in [2.05, 4.69) is 10.6 Å². The highest BCUT2D eigenvalue weighted by Crippen LogP contribution is 2.24. The molecule has 2 amide bonds. The molecule has 4 N–H and O–H groups in total. The van der Waals surface area contributed by atoms with Crippen molar-refractivity contribution in [3.63, 3.8) is 0 Å². The third-order valence-electron chi connectivity index (χ3n) is 3.14. The highest BCUT2D eigenvalue weighted by molar-refractivity contribution is 7.12. The molecule has 1 aromatic carbocycles. The molecule has 0 radical (unpaired) electrons. The fourth-order valence-electron chi connectivity index (χ4n) is 1.93. The lowest BCUT2D eigenvalue weighted by molar-refractivity contribution is 0.0951. The number of anilines is 1. The van der Waals surface area contributed by atoms with Gasteiger partial charge in [0.1, 0.15) is 0 Å². The smallest absolute Gasteiger partial charge is 0.265 e. The van der Waals surface area contributed by atoms with E-state index in [1.54, 1.807) is 30.3 Å². The zero-order chi connectivity index (χ0) is 16.7. The number of unbranched alkanes of at least 4 members (excludes halogenated alkanes) is 1. The molecule has 0 saturated heterocycles. The summed E-state index contributed by atoms with van der Waals surface area (Å²) in [6, 6.07) is 8.32. The van der Waals surface area contributed by atoms with Crippen LogP contribution in [-0.2, 0) is 0 Å². The summed E-state index contributed by atoms with van der Waals surface area (Å²) in [5.74, 6) is -0.451. The van der Waals surface area contributed by atoms with Gasteiger partial charge in [-0.3, -0.25) is 9.59 Å². The Morgan fingerprint density at radius 1 is 1.17 bits per heavy atom. The minimum Gasteiger partial charge on any atom is -0.352 e. The molecule has 0 atom stereocenters. The van der Waals surface area contributed by atoms with Crippen LogP contribution in [0.3, 0.4) is 0 Å². The van der Waals surface area contributed by atoms with Gasteiger partial charge in [0.15, 0.2) is 0 Å². The molecule has 0 aliphatic carbocycles. The van der Waals surface area contributed by atoms with E-state index in [1.807, 2.05) is 5.38 Å². The van der Waals surface area contributed by atoms with E-state index in [9.17, 15) is 9.59 Å². The topological polar surface area (TPSA) is 84.2 Å². The van der Waals surface area contributed by atoms with Gasteiger partial charge in [0.05, 0.1) is 15.6 Å². The van der Waals surface area contributed by atoms with Gasteiger partial charge in [-0.1, -0.05) is 17.7 Å². The number of hydrogen-bond acceptors (Lipinski definition) is 4. The highest BCUT2D eigenvalue weighted by atomic mass is 35.5. The largest absolute Gasteiger partial charge is 0.352 e. The Labute approximate surface area is 143 Å². The van der Waals surface area contributed by atoms with Crippen LogP contribution in [-0.4, -0.2) is 24.9 Å². The van der Waals surface area contributed by atoms with Crippen LogP contribution in [0.25, 0.3) is 0 Å². The summed E-state index contributed by atoms with van der Waals surface area (Å²) in [5, 5.41) is 7.75. The van der Waals surface area contributed by atoms with Crippen LogP contribution in [0.1, 0.15) is 32.9 Å². The molecule has 1 heterocycles. The number of rotatable bonds is 7. The molecular weight excluding hydrogens is 334 g/mol. The number of benzene rings is 1. The SMILES string of the molecule is NCCCCNC(=O)c1ccc(Cl)c(NC(=O)c2cccs2)c1. The van der Waals surface area contributed by atoms with E-state index >= 15 is 0 Å². The average Bonchev–Trinajstić information content (AvgIpc) is 3.08. The number of hydrogen-bond donors (Lipinski definition) is 3. The Morgan fingerprint density at radius 3 is 2.70 bits per heavy atom. The van der Waals surface area contributed by atoms with Crippen LogP contribution in [0.2, 0.25) is 5.02 Å². The molecule has 0 unspecified atom stereocenters. The maximum absolute atomic E-state index is 12.1. The van der Waals surface area contributed by atoms with Crippen molar-refractivity contribution in [2.45, 2.75) is 12.8 Å². The second-order valence-corrected chi connectivity index (χ2v) is 6.23. The first-order valence-electron chi connectivity index (χ1n) is 7.24. The van der Waals surface area contributed by atoms with Gasteiger partial charge in [0.2, 0.25) is 0 Å². The normalized spacial score (nSPS) is 10.3. The first kappa shape index (κ1) is 17.5. The fraction of sp³-hybridized carbons (Fsp3) is 0.250. The van der Waals surface area contributed by atoms with Gasteiger partial charge in [0, 0.05) is 12.1 Å². The van der Waals surface area contributed by atoms with Crippen molar-refractivity contribution < 1.29 is 9.59 Å². The zero-order valence-corrected chi connectivity index (χ0v) is 14.0. The van der Waals surface area contributed by atoms with Crippen LogP contribution in [0.4, 0.5) is 5.69 Å². The lowest BCUT2D eigenvalue weighted by Gasteiger charge is -2.09. The summed E-state index contributed by atoms with van der Waals surface area (Å²) < 4.78 is 0. The quantitative estimate of drug-likeness (QED) is 0.670. The van der Waals surface area contributed by atoms with E-state index in [4.69, 9.17) is 17.3 Å². The van der Waals surface area contributed by atoms with E-state index in [0.717, 1.165) is 12.8 Å². The average molecular weight is 352 g/mol. The zero-order valence-electron chi connectivity index (χ0n) is 12.5. The van der Waals surface area contributed by atoms with Crippen molar-refractivity contribution in [3.05, 3.63) is 51.2 Å². The summed E-state index contributed by atoms with van der Waals surface area (Å²) in [5.41, 5.74) is 6.28. The van der Waals surface area contributed by atoms with Crippen molar-refractivity contribution in [3.8, 4) is 0 Å². The first-order chi connectivity index (χ1) is 11.1. The molecule has 0 saturated carbocycles.